The van der Waals surface area contributed by atoms with Crippen molar-refractivity contribution in [2.24, 2.45) is 0 Å². The third-order valence-corrected chi connectivity index (χ3v) is 4.68. The first-order valence-electron chi connectivity index (χ1n) is 9.27. The molecule has 0 aliphatic rings. The van der Waals surface area contributed by atoms with Crippen molar-refractivity contribution in [2.45, 2.75) is 32.9 Å². The molecular weight excluding hydrogens is 358 g/mol. The number of carboxylic acid groups (broad SMARTS) is 1. The standard InChI is InChI=1S/C21H27N3O4/c1-14(18-9-8-17-6-4-5-7-19(17)12-18)23-20(26)13-24(15(2)21(27)28)11-10-22-16(3)25/h4-9,12,14-15H,10-11,13H2,1-3H3,(H,22,25)(H,23,26)(H,27,28). The van der Waals surface area contributed by atoms with Crippen LogP contribution in [0.15, 0.2) is 42.5 Å². The Morgan fingerprint density at radius 2 is 1.75 bits per heavy atom. The quantitative estimate of drug-likeness (QED) is 0.613. The molecule has 150 valence electrons. The largest absolute Gasteiger partial charge is 0.480 e. The molecule has 7 nitrogen and oxygen atoms in total. The third-order valence-electron chi connectivity index (χ3n) is 4.68. The zero-order chi connectivity index (χ0) is 20.7. The number of rotatable bonds is 9. The van der Waals surface area contributed by atoms with Crippen molar-refractivity contribution in [3.63, 3.8) is 0 Å². The highest BCUT2D eigenvalue weighted by molar-refractivity contribution is 5.84. The monoisotopic (exact) mass is 385 g/mol. The normalized spacial score (nSPS) is 13.1. The first-order chi connectivity index (χ1) is 13.3. The molecule has 3 N–H and O–H groups in total. The Balaban J connectivity index is 2.00. The Morgan fingerprint density at radius 1 is 1.07 bits per heavy atom. The number of amides is 2. The van der Waals surface area contributed by atoms with Gasteiger partial charge in [-0.25, -0.2) is 0 Å². The lowest BCUT2D eigenvalue weighted by Gasteiger charge is -2.26. The van der Waals surface area contributed by atoms with Gasteiger partial charge in [0.15, 0.2) is 0 Å². The lowest BCUT2D eigenvalue weighted by atomic mass is 10.0. The van der Waals surface area contributed by atoms with E-state index in [1.807, 2.05) is 49.4 Å². The molecule has 0 bridgehead atoms. The summed E-state index contributed by atoms with van der Waals surface area (Å²) in [4.78, 5) is 36.4. The molecule has 2 rings (SSSR count). The van der Waals surface area contributed by atoms with Gasteiger partial charge in [0.25, 0.3) is 0 Å². The maximum Gasteiger partial charge on any atom is 0.320 e. The van der Waals surface area contributed by atoms with E-state index in [0.717, 1.165) is 16.3 Å². The highest BCUT2D eigenvalue weighted by Crippen LogP contribution is 2.20. The van der Waals surface area contributed by atoms with Crippen LogP contribution in [0.3, 0.4) is 0 Å². The molecule has 0 spiro atoms. The highest BCUT2D eigenvalue weighted by Gasteiger charge is 2.23. The number of carbonyl (C=O) groups is 3. The Labute approximate surface area is 164 Å². The molecule has 0 aliphatic carbocycles. The SMILES string of the molecule is CC(=O)NCCN(CC(=O)NC(C)c1ccc2ccccc2c1)C(C)C(=O)O. The van der Waals surface area contributed by atoms with E-state index in [1.165, 1.54) is 18.7 Å². The van der Waals surface area contributed by atoms with Crippen molar-refractivity contribution in [1.29, 1.82) is 0 Å². The molecule has 0 radical (unpaired) electrons. The molecule has 0 saturated carbocycles. The highest BCUT2D eigenvalue weighted by atomic mass is 16.4. The van der Waals surface area contributed by atoms with E-state index in [2.05, 4.69) is 10.6 Å². The Hall–Kier alpha value is -2.93. The zero-order valence-electron chi connectivity index (χ0n) is 16.4. The molecule has 2 unspecified atom stereocenters. The molecule has 0 saturated heterocycles. The van der Waals surface area contributed by atoms with Gasteiger partial charge in [-0.15, -0.1) is 0 Å². The van der Waals surface area contributed by atoms with Crippen molar-refractivity contribution in [3.8, 4) is 0 Å². The van der Waals surface area contributed by atoms with Crippen molar-refractivity contribution in [1.82, 2.24) is 15.5 Å². The fraction of sp³-hybridized carbons (Fsp3) is 0.381. The Kier molecular flexibility index (Phi) is 7.52. The summed E-state index contributed by atoms with van der Waals surface area (Å²) in [6.45, 7) is 5.29. The summed E-state index contributed by atoms with van der Waals surface area (Å²) in [6.07, 6.45) is 0. The second kappa shape index (κ2) is 9.85. The molecule has 28 heavy (non-hydrogen) atoms. The van der Waals surface area contributed by atoms with Crippen molar-refractivity contribution >= 4 is 28.6 Å². The van der Waals surface area contributed by atoms with E-state index in [-0.39, 0.29) is 37.5 Å². The average molecular weight is 385 g/mol. The number of benzene rings is 2. The number of nitrogens with zero attached hydrogens (tertiary/aromatic N) is 1. The van der Waals surface area contributed by atoms with Crippen LogP contribution in [0, 0.1) is 0 Å². The van der Waals surface area contributed by atoms with Crippen LogP contribution in [0.25, 0.3) is 10.8 Å². The van der Waals surface area contributed by atoms with Gasteiger partial charge < -0.3 is 15.7 Å². The molecule has 0 fully saturated rings. The number of carbonyl (C=O) groups excluding carboxylic acids is 2. The van der Waals surface area contributed by atoms with E-state index in [9.17, 15) is 19.5 Å². The van der Waals surface area contributed by atoms with Crippen LogP contribution in [0.2, 0.25) is 0 Å². The number of carboxylic acids is 1. The minimum absolute atomic E-state index is 0.0645. The van der Waals surface area contributed by atoms with Crippen LogP contribution in [0.4, 0.5) is 0 Å². The van der Waals surface area contributed by atoms with E-state index in [4.69, 9.17) is 0 Å². The summed E-state index contributed by atoms with van der Waals surface area (Å²) in [5.74, 6) is -1.48. The van der Waals surface area contributed by atoms with Crippen molar-refractivity contribution in [3.05, 3.63) is 48.0 Å². The second-order valence-electron chi connectivity index (χ2n) is 6.86. The topological polar surface area (TPSA) is 98.7 Å². The summed E-state index contributed by atoms with van der Waals surface area (Å²) in [7, 11) is 0. The van der Waals surface area contributed by atoms with Crippen LogP contribution in [0.5, 0.6) is 0 Å². The molecule has 0 heterocycles. The lowest BCUT2D eigenvalue weighted by Crippen LogP contribution is -2.48. The Morgan fingerprint density at radius 3 is 2.39 bits per heavy atom. The van der Waals surface area contributed by atoms with E-state index in [0.29, 0.717) is 0 Å². The molecule has 2 aromatic carbocycles. The second-order valence-corrected chi connectivity index (χ2v) is 6.86. The summed E-state index contributed by atoms with van der Waals surface area (Å²) in [5, 5.41) is 17.0. The van der Waals surface area contributed by atoms with Gasteiger partial charge in [-0.05, 0) is 36.2 Å². The van der Waals surface area contributed by atoms with Crippen LogP contribution in [-0.2, 0) is 14.4 Å². The predicted octanol–water partition coefficient (Wildman–Crippen LogP) is 1.93. The van der Waals surface area contributed by atoms with Gasteiger partial charge in [-0.3, -0.25) is 19.3 Å². The van der Waals surface area contributed by atoms with Gasteiger partial charge in [0.05, 0.1) is 12.6 Å². The smallest absolute Gasteiger partial charge is 0.320 e. The lowest BCUT2D eigenvalue weighted by molar-refractivity contribution is -0.143. The number of nitrogens with one attached hydrogen (secondary N) is 2. The van der Waals surface area contributed by atoms with Gasteiger partial charge in [-0.1, -0.05) is 36.4 Å². The summed E-state index contributed by atoms with van der Waals surface area (Å²) < 4.78 is 0. The number of hydrogen-bond donors (Lipinski definition) is 3. The fourth-order valence-corrected chi connectivity index (χ4v) is 2.97. The van der Waals surface area contributed by atoms with E-state index >= 15 is 0 Å². The summed E-state index contributed by atoms with van der Waals surface area (Å²) in [5.41, 5.74) is 0.975. The number of fused-ring (bicyclic) bond motifs is 1. The fourth-order valence-electron chi connectivity index (χ4n) is 2.97. The van der Waals surface area contributed by atoms with Gasteiger partial charge >= 0.3 is 5.97 Å². The van der Waals surface area contributed by atoms with E-state index in [1.54, 1.807) is 0 Å². The zero-order valence-corrected chi connectivity index (χ0v) is 16.4. The van der Waals surface area contributed by atoms with Crippen LogP contribution in [-0.4, -0.2) is 53.5 Å². The van der Waals surface area contributed by atoms with Crippen LogP contribution in [0.1, 0.15) is 32.4 Å². The molecule has 0 aliphatic heterocycles. The minimum Gasteiger partial charge on any atom is -0.480 e. The van der Waals surface area contributed by atoms with E-state index < -0.39 is 12.0 Å². The molecule has 2 amide bonds. The maximum absolute atomic E-state index is 12.5. The number of aliphatic carboxylic acids is 1. The third kappa shape index (κ3) is 6.06. The van der Waals surface area contributed by atoms with Crippen molar-refractivity contribution in [2.75, 3.05) is 19.6 Å². The van der Waals surface area contributed by atoms with Crippen molar-refractivity contribution < 1.29 is 19.5 Å². The molecule has 2 atom stereocenters. The molecule has 2 aromatic rings. The predicted molar refractivity (Wildman–Crippen MR) is 108 cm³/mol. The van der Waals surface area contributed by atoms with Crippen LogP contribution < -0.4 is 10.6 Å². The van der Waals surface area contributed by atoms with Gasteiger partial charge in [-0.2, -0.15) is 0 Å². The first-order valence-corrected chi connectivity index (χ1v) is 9.27. The summed E-state index contributed by atoms with van der Waals surface area (Å²) in [6, 6.07) is 13.0. The van der Waals surface area contributed by atoms with Crippen LogP contribution >= 0.6 is 0 Å². The van der Waals surface area contributed by atoms with Gasteiger partial charge in [0.2, 0.25) is 11.8 Å². The first kappa shape index (κ1) is 21.4. The molecule has 0 aromatic heterocycles. The Bertz CT molecular complexity index is 852. The minimum atomic E-state index is -1.02. The average Bonchev–Trinajstić information content (AvgIpc) is 2.65. The van der Waals surface area contributed by atoms with Gasteiger partial charge in [0, 0.05) is 20.0 Å². The summed E-state index contributed by atoms with van der Waals surface area (Å²) >= 11 is 0. The number of hydrogen-bond acceptors (Lipinski definition) is 4. The molecular formula is C21H27N3O4. The molecule has 7 heteroatoms. The maximum atomic E-state index is 12.5. The van der Waals surface area contributed by atoms with Gasteiger partial charge in [0.1, 0.15) is 6.04 Å².